The fourth-order valence-electron chi connectivity index (χ4n) is 1.93. The molecule has 87 valence electrons. The zero-order valence-electron chi connectivity index (χ0n) is 9.71. The summed E-state index contributed by atoms with van der Waals surface area (Å²) in [5.41, 5.74) is 1.34. The maximum atomic E-state index is 5.56. The molecule has 1 aromatic carbocycles. The van der Waals surface area contributed by atoms with Crippen molar-refractivity contribution in [1.29, 1.82) is 0 Å². The molecule has 0 aromatic heterocycles. The molecule has 0 unspecified atom stereocenters. The van der Waals surface area contributed by atoms with Crippen LogP contribution in [-0.2, 0) is 6.42 Å². The fourth-order valence-corrected chi connectivity index (χ4v) is 1.93. The second-order valence-electron chi connectivity index (χ2n) is 4.14. The minimum atomic E-state index is 0.663. The van der Waals surface area contributed by atoms with Crippen molar-refractivity contribution in [2.24, 2.45) is 0 Å². The SMILES string of the molecule is [CH2]CCCCCc1ccc2c(c1)OCCO2. The quantitative estimate of drug-likeness (QED) is 0.707. The van der Waals surface area contributed by atoms with Crippen molar-refractivity contribution in [2.75, 3.05) is 13.2 Å². The monoisotopic (exact) mass is 219 g/mol. The standard InChI is InChI=1S/C14H19O2/c1-2-3-4-5-6-12-7-8-13-14(11-12)16-10-9-15-13/h7-8,11H,1-6,9-10H2. The predicted molar refractivity (Wildman–Crippen MR) is 65.0 cm³/mol. The van der Waals surface area contributed by atoms with Gasteiger partial charge in [0.1, 0.15) is 13.2 Å². The maximum Gasteiger partial charge on any atom is 0.161 e. The lowest BCUT2D eigenvalue weighted by molar-refractivity contribution is 0.171. The molecular weight excluding hydrogens is 200 g/mol. The van der Waals surface area contributed by atoms with Crippen LogP contribution in [0, 0.1) is 6.92 Å². The Balaban J connectivity index is 1.90. The normalized spacial score (nSPS) is 13.8. The minimum absolute atomic E-state index is 0.663. The van der Waals surface area contributed by atoms with E-state index in [9.17, 15) is 0 Å². The largest absolute Gasteiger partial charge is 0.486 e. The first-order chi connectivity index (χ1) is 7.90. The molecule has 0 amide bonds. The molecule has 2 rings (SSSR count). The highest BCUT2D eigenvalue weighted by molar-refractivity contribution is 5.43. The van der Waals surface area contributed by atoms with Gasteiger partial charge in [0.15, 0.2) is 11.5 Å². The molecular formula is C14H19O2. The molecule has 1 aromatic rings. The van der Waals surface area contributed by atoms with Crippen LogP contribution in [0.1, 0.15) is 31.2 Å². The van der Waals surface area contributed by atoms with E-state index < -0.39 is 0 Å². The zero-order valence-corrected chi connectivity index (χ0v) is 9.71. The van der Waals surface area contributed by atoms with E-state index in [-0.39, 0.29) is 0 Å². The Morgan fingerprint density at radius 2 is 1.81 bits per heavy atom. The number of fused-ring (bicyclic) bond motifs is 1. The van der Waals surface area contributed by atoms with Gasteiger partial charge < -0.3 is 9.47 Å². The molecule has 1 heterocycles. The number of aryl methyl sites for hydroxylation is 1. The van der Waals surface area contributed by atoms with Gasteiger partial charge in [-0.15, -0.1) is 0 Å². The summed E-state index contributed by atoms with van der Waals surface area (Å²) in [6, 6.07) is 6.27. The van der Waals surface area contributed by atoms with Crippen LogP contribution in [0.15, 0.2) is 18.2 Å². The molecule has 1 radical (unpaired) electrons. The predicted octanol–water partition coefficient (Wildman–Crippen LogP) is 3.39. The summed E-state index contributed by atoms with van der Waals surface area (Å²) < 4.78 is 11.0. The minimum Gasteiger partial charge on any atom is -0.486 e. The summed E-state index contributed by atoms with van der Waals surface area (Å²) in [5.74, 6) is 1.79. The van der Waals surface area contributed by atoms with E-state index >= 15 is 0 Å². The van der Waals surface area contributed by atoms with Crippen molar-refractivity contribution < 1.29 is 9.47 Å². The molecule has 0 aliphatic carbocycles. The summed E-state index contributed by atoms with van der Waals surface area (Å²) in [7, 11) is 0. The number of hydrogen-bond donors (Lipinski definition) is 0. The molecule has 2 heteroatoms. The van der Waals surface area contributed by atoms with Crippen LogP contribution in [-0.4, -0.2) is 13.2 Å². The number of benzene rings is 1. The molecule has 0 saturated carbocycles. The molecule has 0 spiro atoms. The number of rotatable bonds is 5. The van der Waals surface area contributed by atoms with Gasteiger partial charge in [-0.3, -0.25) is 0 Å². The van der Waals surface area contributed by atoms with E-state index in [1.807, 2.05) is 6.07 Å². The summed E-state index contributed by atoms with van der Waals surface area (Å²) in [6.07, 6.45) is 5.88. The van der Waals surface area contributed by atoms with Crippen molar-refractivity contribution in [2.45, 2.75) is 32.1 Å². The first kappa shape index (κ1) is 11.3. The van der Waals surface area contributed by atoms with Gasteiger partial charge in [0, 0.05) is 0 Å². The summed E-state index contributed by atoms with van der Waals surface area (Å²) in [5, 5.41) is 0. The molecule has 2 nitrogen and oxygen atoms in total. The molecule has 0 saturated heterocycles. The van der Waals surface area contributed by atoms with E-state index in [4.69, 9.17) is 9.47 Å². The van der Waals surface area contributed by atoms with Crippen molar-refractivity contribution in [1.82, 2.24) is 0 Å². The first-order valence-electron chi connectivity index (χ1n) is 6.08. The molecule has 0 bridgehead atoms. The molecule has 1 aliphatic heterocycles. The van der Waals surface area contributed by atoms with Crippen LogP contribution in [0.4, 0.5) is 0 Å². The fraction of sp³-hybridized carbons (Fsp3) is 0.500. The zero-order chi connectivity index (χ0) is 11.2. The second kappa shape index (κ2) is 5.78. The van der Waals surface area contributed by atoms with E-state index in [1.165, 1.54) is 24.8 Å². The lowest BCUT2D eigenvalue weighted by Gasteiger charge is -2.18. The van der Waals surface area contributed by atoms with E-state index in [2.05, 4.69) is 19.1 Å². The Bertz CT molecular complexity index is 334. The van der Waals surface area contributed by atoms with Crippen molar-refractivity contribution in [3.05, 3.63) is 30.7 Å². The average Bonchev–Trinajstić information content (AvgIpc) is 2.34. The van der Waals surface area contributed by atoms with Gasteiger partial charge >= 0.3 is 0 Å². The molecule has 0 fully saturated rings. The van der Waals surface area contributed by atoms with Gasteiger partial charge in [0.2, 0.25) is 0 Å². The average molecular weight is 219 g/mol. The van der Waals surface area contributed by atoms with E-state index in [1.54, 1.807) is 0 Å². The van der Waals surface area contributed by atoms with Gasteiger partial charge in [0.05, 0.1) is 0 Å². The Morgan fingerprint density at radius 3 is 2.62 bits per heavy atom. The number of ether oxygens (including phenoxy) is 2. The van der Waals surface area contributed by atoms with Crippen LogP contribution in [0.25, 0.3) is 0 Å². The number of hydrogen-bond acceptors (Lipinski definition) is 2. The highest BCUT2D eigenvalue weighted by Gasteiger charge is 2.11. The molecule has 0 atom stereocenters. The third-order valence-electron chi connectivity index (χ3n) is 2.82. The van der Waals surface area contributed by atoms with Gasteiger partial charge in [-0.2, -0.15) is 0 Å². The van der Waals surface area contributed by atoms with Crippen LogP contribution >= 0.6 is 0 Å². The summed E-state index contributed by atoms with van der Waals surface area (Å²) >= 11 is 0. The highest BCUT2D eigenvalue weighted by Crippen LogP contribution is 2.31. The van der Waals surface area contributed by atoms with Crippen LogP contribution in [0.5, 0.6) is 11.5 Å². The van der Waals surface area contributed by atoms with Gasteiger partial charge in [-0.25, -0.2) is 0 Å². The lowest BCUT2D eigenvalue weighted by Crippen LogP contribution is -2.15. The Kier molecular flexibility index (Phi) is 4.09. The van der Waals surface area contributed by atoms with Crippen molar-refractivity contribution >= 4 is 0 Å². The Labute approximate surface area is 97.6 Å². The second-order valence-corrected chi connectivity index (χ2v) is 4.14. The van der Waals surface area contributed by atoms with E-state index in [0.29, 0.717) is 13.2 Å². The smallest absolute Gasteiger partial charge is 0.161 e. The highest BCUT2D eigenvalue weighted by atomic mass is 16.6. The number of unbranched alkanes of at least 4 members (excludes halogenated alkanes) is 3. The molecule has 16 heavy (non-hydrogen) atoms. The topological polar surface area (TPSA) is 18.5 Å². The third kappa shape index (κ3) is 2.91. The Morgan fingerprint density at radius 1 is 1.00 bits per heavy atom. The van der Waals surface area contributed by atoms with E-state index in [0.717, 1.165) is 24.3 Å². The molecule has 0 N–H and O–H groups in total. The van der Waals surface area contributed by atoms with Gasteiger partial charge in [0.25, 0.3) is 0 Å². The maximum absolute atomic E-state index is 5.56. The van der Waals surface area contributed by atoms with Crippen molar-refractivity contribution in [3.63, 3.8) is 0 Å². The molecule has 1 aliphatic rings. The third-order valence-corrected chi connectivity index (χ3v) is 2.82. The lowest BCUT2D eigenvalue weighted by atomic mass is 10.1. The van der Waals surface area contributed by atoms with Crippen LogP contribution in [0.3, 0.4) is 0 Å². The van der Waals surface area contributed by atoms with Crippen LogP contribution < -0.4 is 9.47 Å². The summed E-state index contributed by atoms with van der Waals surface area (Å²) in [6.45, 7) is 5.18. The Hall–Kier alpha value is -1.18. The van der Waals surface area contributed by atoms with Crippen LogP contribution in [0.2, 0.25) is 0 Å². The van der Waals surface area contributed by atoms with Gasteiger partial charge in [-0.05, 0) is 30.5 Å². The first-order valence-corrected chi connectivity index (χ1v) is 6.08. The summed E-state index contributed by atoms with van der Waals surface area (Å²) in [4.78, 5) is 0. The van der Waals surface area contributed by atoms with Gasteiger partial charge in [-0.1, -0.05) is 32.3 Å². The van der Waals surface area contributed by atoms with Crippen molar-refractivity contribution in [3.8, 4) is 11.5 Å².